The molecule has 0 saturated carbocycles. The van der Waals surface area contributed by atoms with Crippen LogP contribution in [-0.2, 0) is 16.0 Å². The van der Waals surface area contributed by atoms with E-state index < -0.39 is 0 Å². The van der Waals surface area contributed by atoms with Gasteiger partial charge in [0, 0.05) is 5.56 Å². The third-order valence-corrected chi connectivity index (χ3v) is 2.49. The molecule has 0 N–H and O–H groups in total. The summed E-state index contributed by atoms with van der Waals surface area (Å²) in [5, 5.41) is 8.97. The molecule has 0 bridgehead atoms. The lowest BCUT2D eigenvalue weighted by Gasteiger charge is -2.08. The molecular formula is C13H13NO3. The first-order valence-electron chi connectivity index (χ1n) is 5.27. The molecule has 0 saturated heterocycles. The average Bonchev–Trinajstić information content (AvgIpc) is 2.31. The molecule has 0 spiro atoms. The van der Waals surface area contributed by atoms with Crippen molar-refractivity contribution >= 4 is 12.3 Å². The van der Waals surface area contributed by atoms with Gasteiger partial charge in [-0.2, -0.15) is 5.26 Å². The Kier molecular flexibility index (Phi) is 4.41. The predicted molar refractivity (Wildman–Crippen MR) is 61.6 cm³/mol. The van der Waals surface area contributed by atoms with E-state index in [1.807, 2.05) is 6.07 Å². The minimum atomic E-state index is -0.335. The molecule has 17 heavy (non-hydrogen) atoms. The molecule has 0 aliphatic carbocycles. The minimum absolute atomic E-state index is 0.119. The van der Waals surface area contributed by atoms with Crippen LogP contribution < -0.4 is 0 Å². The molecule has 4 nitrogen and oxygen atoms in total. The van der Waals surface area contributed by atoms with E-state index >= 15 is 0 Å². The van der Waals surface area contributed by atoms with Crippen LogP contribution >= 0.6 is 0 Å². The zero-order valence-corrected chi connectivity index (χ0v) is 9.82. The molecule has 0 aromatic heterocycles. The lowest BCUT2D eigenvalue weighted by atomic mass is 9.96. The summed E-state index contributed by atoms with van der Waals surface area (Å²) in [6.45, 7) is 3.79. The standard InChI is InChI=1S/C13H13NO3/c1-3-17-13(16)6-10-4-5-11(8-15)12(7-14)9(10)2/h4-5,8H,3,6H2,1-2H3. The lowest BCUT2D eigenvalue weighted by Crippen LogP contribution is -2.09. The molecule has 0 fully saturated rings. The third-order valence-electron chi connectivity index (χ3n) is 2.49. The number of esters is 1. The maximum atomic E-state index is 11.3. The molecule has 0 heterocycles. The van der Waals surface area contributed by atoms with Crippen LogP contribution in [0.5, 0.6) is 0 Å². The largest absolute Gasteiger partial charge is 0.466 e. The highest BCUT2D eigenvalue weighted by atomic mass is 16.5. The summed E-state index contributed by atoms with van der Waals surface area (Å²) in [5.41, 5.74) is 2.04. The van der Waals surface area contributed by atoms with Crippen molar-refractivity contribution < 1.29 is 14.3 Å². The van der Waals surface area contributed by atoms with Crippen molar-refractivity contribution in [1.82, 2.24) is 0 Å². The number of hydrogen-bond acceptors (Lipinski definition) is 4. The van der Waals surface area contributed by atoms with Crippen LogP contribution in [0.3, 0.4) is 0 Å². The summed E-state index contributed by atoms with van der Waals surface area (Å²) in [7, 11) is 0. The highest BCUT2D eigenvalue weighted by Crippen LogP contribution is 2.17. The van der Waals surface area contributed by atoms with Gasteiger partial charge in [0.1, 0.15) is 6.07 Å². The fourth-order valence-electron chi connectivity index (χ4n) is 1.58. The van der Waals surface area contributed by atoms with Crippen LogP contribution in [0.25, 0.3) is 0 Å². The summed E-state index contributed by atoms with van der Waals surface area (Å²) in [6, 6.07) is 5.20. The Morgan fingerprint density at radius 2 is 2.24 bits per heavy atom. The third kappa shape index (κ3) is 2.91. The van der Waals surface area contributed by atoms with E-state index in [-0.39, 0.29) is 12.4 Å². The van der Waals surface area contributed by atoms with Crippen molar-refractivity contribution in [2.45, 2.75) is 20.3 Å². The van der Waals surface area contributed by atoms with E-state index in [1.54, 1.807) is 26.0 Å². The first kappa shape index (κ1) is 12.9. The Morgan fingerprint density at radius 3 is 2.76 bits per heavy atom. The minimum Gasteiger partial charge on any atom is -0.466 e. The van der Waals surface area contributed by atoms with Crippen molar-refractivity contribution in [3.8, 4) is 6.07 Å². The van der Waals surface area contributed by atoms with Gasteiger partial charge in [0.25, 0.3) is 0 Å². The second kappa shape index (κ2) is 5.80. The molecule has 1 aromatic rings. The van der Waals surface area contributed by atoms with Crippen molar-refractivity contribution in [3.05, 3.63) is 34.4 Å². The normalized spacial score (nSPS) is 9.47. The topological polar surface area (TPSA) is 67.2 Å². The number of nitriles is 1. The van der Waals surface area contributed by atoms with E-state index in [9.17, 15) is 9.59 Å². The zero-order chi connectivity index (χ0) is 12.8. The number of carbonyl (C=O) groups excluding carboxylic acids is 2. The fourth-order valence-corrected chi connectivity index (χ4v) is 1.58. The molecule has 0 unspecified atom stereocenters. The molecule has 88 valence electrons. The van der Waals surface area contributed by atoms with E-state index in [1.165, 1.54) is 0 Å². The number of nitrogens with zero attached hydrogens (tertiary/aromatic N) is 1. The number of benzene rings is 1. The maximum Gasteiger partial charge on any atom is 0.310 e. The van der Waals surface area contributed by atoms with Gasteiger partial charge in [-0.25, -0.2) is 0 Å². The van der Waals surface area contributed by atoms with Gasteiger partial charge in [0.05, 0.1) is 18.6 Å². The highest BCUT2D eigenvalue weighted by molar-refractivity contribution is 5.81. The summed E-state index contributed by atoms with van der Waals surface area (Å²) in [5.74, 6) is -0.335. The maximum absolute atomic E-state index is 11.3. The smallest absolute Gasteiger partial charge is 0.310 e. The average molecular weight is 231 g/mol. The molecule has 4 heteroatoms. The van der Waals surface area contributed by atoms with Crippen molar-refractivity contribution in [2.75, 3.05) is 6.61 Å². The summed E-state index contributed by atoms with van der Waals surface area (Å²) < 4.78 is 4.84. The lowest BCUT2D eigenvalue weighted by molar-refractivity contribution is -0.142. The molecule has 0 aliphatic heterocycles. The number of rotatable bonds is 4. The molecule has 1 aromatic carbocycles. The molecule has 1 rings (SSSR count). The van der Waals surface area contributed by atoms with Crippen LogP contribution in [0, 0.1) is 18.3 Å². The molecule has 0 aliphatic rings. The van der Waals surface area contributed by atoms with Crippen molar-refractivity contribution in [1.29, 1.82) is 5.26 Å². The van der Waals surface area contributed by atoms with Gasteiger partial charge in [0.15, 0.2) is 6.29 Å². The van der Waals surface area contributed by atoms with Crippen molar-refractivity contribution in [2.24, 2.45) is 0 Å². The monoisotopic (exact) mass is 231 g/mol. The Hall–Kier alpha value is -2.15. The van der Waals surface area contributed by atoms with E-state index in [0.29, 0.717) is 35.1 Å². The number of hydrogen-bond donors (Lipinski definition) is 0. The van der Waals surface area contributed by atoms with Crippen LogP contribution in [0.4, 0.5) is 0 Å². The summed E-state index contributed by atoms with van der Waals surface area (Å²) in [6.07, 6.45) is 0.757. The molecule has 0 amide bonds. The van der Waals surface area contributed by atoms with E-state index in [2.05, 4.69) is 0 Å². The van der Waals surface area contributed by atoms with E-state index in [0.717, 1.165) is 0 Å². The second-order valence-corrected chi connectivity index (χ2v) is 3.53. The Bertz CT molecular complexity index is 486. The first-order chi connectivity index (χ1) is 8.13. The van der Waals surface area contributed by atoms with Crippen LogP contribution in [0.2, 0.25) is 0 Å². The van der Waals surface area contributed by atoms with Crippen LogP contribution in [0.15, 0.2) is 12.1 Å². The zero-order valence-electron chi connectivity index (χ0n) is 9.82. The van der Waals surface area contributed by atoms with Crippen LogP contribution in [-0.4, -0.2) is 18.9 Å². The Labute approximate surface area is 99.8 Å². The Morgan fingerprint density at radius 1 is 1.53 bits per heavy atom. The highest BCUT2D eigenvalue weighted by Gasteiger charge is 2.12. The SMILES string of the molecule is CCOC(=O)Cc1ccc(C=O)c(C#N)c1C. The Balaban J connectivity index is 3.08. The van der Waals surface area contributed by atoms with Gasteiger partial charge >= 0.3 is 5.97 Å². The van der Waals surface area contributed by atoms with Gasteiger partial charge < -0.3 is 4.74 Å². The number of carbonyl (C=O) groups is 2. The second-order valence-electron chi connectivity index (χ2n) is 3.53. The predicted octanol–water partition coefficient (Wildman–Crippen LogP) is 1.78. The summed E-state index contributed by atoms with van der Waals surface area (Å²) >= 11 is 0. The van der Waals surface area contributed by atoms with E-state index in [4.69, 9.17) is 10.00 Å². The first-order valence-corrected chi connectivity index (χ1v) is 5.27. The quantitative estimate of drug-likeness (QED) is 0.585. The van der Waals surface area contributed by atoms with Gasteiger partial charge in [-0.05, 0) is 25.0 Å². The van der Waals surface area contributed by atoms with Crippen molar-refractivity contribution in [3.63, 3.8) is 0 Å². The molecule has 0 atom stereocenters. The fraction of sp³-hybridized carbons (Fsp3) is 0.308. The molecule has 0 radical (unpaired) electrons. The van der Waals surface area contributed by atoms with Gasteiger partial charge in [-0.3, -0.25) is 9.59 Å². The summed E-state index contributed by atoms with van der Waals surface area (Å²) in [4.78, 5) is 22.1. The van der Waals surface area contributed by atoms with Gasteiger partial charge in [0.2, 0.25) is 0 Å². The number of ether oxygens (including phenoxy) is 1. The van der Waals surface area contributed by atoms with Crippen LogP contribution in [0.1, 0.15) is 34.0 Å². The van der Waals surface area contributed by atoms with Gasteiger partial charge in [-0.1, -0.05) is 12.1 Å². The number of aldehydes is 1. The molecular weight excluding hydrogens is 218 g/mol. The van der Waals surface area contributed by atoms with Gasteiger partial charge in [-0.15, -0.1) is 0 Å².